The van der Waals surface area contributed by atoms with E-state index in [1.807, 2.05) is 12.1 Å². The van der Waals surface area contributed by atoms with E-state index >= 15 is 0 Å². The first kappa shape index (κ1) is 13.4. The van der Waals surface area contributed by atoms with Crippen LogP contribution < -0.4 is 16.0 Å². The van der Waals surface area contributed by atoms with Gasteiger partial charge < -0.3 is 4.74 Å². The van der Waals surface area contributed by atoms with Crippen LogP contribution in [0.2, 0.25) is 0 Å². The molecule has 104 valence electrons. The van der Waals surface area contributed by atoms with Gasteiger partial charge in [0.1, 0.15) is 5.75 Å². The van der Waals surface area contributed by atoms with Crippen LogP contribution in [0.4, 0.5) is 0 Å². The molecule has 0 amide bonds. The monoisotopic (exact) mass is 324 g/mol. The third-order valence-corrected chi connectivity index (χ3v) is 5.53. The number of hydrogen-bond donors (Lipinski definition) is 2. The number of methoxy groups -OCH3 is 1. The minimum atomic E-state index is 0.371. The fraction of sp³-hybridized carbons (Fsp3) is 0.600. The summed E-state index contributed by atoms with van der Waals surface area (Å²) >= 11 is 3.62. The molecule has 19 heavy (non-hydrogen) atoms. The third-order valence-electron chi connectivity index (χ3n) is 4.76. The minimum Gasteiger partial charge on any atom is -0.497 e. The van der Waals surface area contributed by atoms with Crippen LogP contribution in [0.3, 0.4) is 0 Å². The molecule has 0 spiro atoms. The summed E-state index contributed by atoms with van der Waals surface area (Å²) in [6.45, 7) is 0. The van der Waals surface area contributed by atoms with Crippen molar-refractivity contribution in [3.8, 4) is 5.75 Å². The van der Waals surface area contributed by atoms with Gasteiger partial charge in [-0.1, -0.05) is 15.9 Å². The largest absolute Gasteiger partial charge is 0.497 e. The number of rotatable bonds is 5. The zero-order valence-electron chi connectivity index (χ0n) is 11.2. The second-order valence-corrected chi connectivity index (χ2v) is 6.78. The summed E-state index contributed by atoms with van der Waals surface area (Å²) in [6.07, 6.45) is 5.11. The Kier molecular flexibility index (Phi) is 3.83. The van der Waals surface area contributed by atoms with Crippen molar-refractivity contribution in [1.82, 2.24) is 5.43 Å². The lowest BCUT2D eigenvalue weighted by atomic mass is 9.90. The van der Waals surface area contributed by atoms with Gasteiger partial charge in [0.15, 0.2) is 0 Å². The third kappa shape index (κ3) is 2.81. The molecule has 2 saturated carbocycles. The molecule has 0 radical (unpaired) electrons. The quantitative estimate of drug-likeness (QED) is 0.646. The standard InChI is InChI=1S/C15H21BrN2O/c1-19-13-2-3-14(16)11(7-13)8-15(18-17)12-5-9-4-10(9)6-12/h2-3,7,9-10,12,15,18H,4-6,8,17H2,1H3. The molecule has 3 N–H and O–H groups in total. The van der Waals surface area contributed by atoms with Gasteiger partial charge in [0.05, 0.1) is 7.11 Å². The van der Waals surface area contributed by atoms with Crippen molar-refractivity contribution in [2.24, 2.45) is 23.6 Å². The smallest absolute Gasteiger partial charge is 0.119 e. The second-order valence-electron chi connectivity index (χ2n) is 5.92. The maximum atomic E-state index is 5.78. The van der Waals surface area contributed by atoms with E-state index in [9.17, 15) is 0 Å². The first-order valence-electron chi connectivity index (χ1n) is 6.99. The van der Waals surface area contributed by atoms with E-state index in [0.29, 0.717) is 6.04 Å². The normalized spacial score (nSPS) is 29.9. The molecule has 0 aliphatic heterocycles. The Bertz CT molecular complexity index is 455. The first-order valence-corrected chi connectivity index (χ1v) is 7.79. The van der Waals surface area contributed by atoms with Crippen molar-refractivity contribution in [1.29, 1.82) is 0 Å². The molecular weight excluding hydrogens is 304 g/mol. The number of nitrogens with two attached hydrogens (primary N) is 1. The highest BCUT2D eigenvalue weighted by Gasteiger charge is 2.47. The molecule has 0 bridgehead atoms. The van der Waals surface area contributed by atoms with Crippen molar-refractivity contribution in [3.63, 3.8) is 0 Å². The van der Waals surface area contributed by atoms with Gasteiger partial charge in [0.25, 0.3) is 0 Å². The SMILES string of the molecule is COc1ccc(Br)c(CC(NN)C2CC3CC3C2)c1. The predicted octanol–water partition coefficient (Wildman–Crippen LogP) is 2.88. The maximum Gasteiger partial charge on any atom is 0.119 e. The molecule has 3 unspecified atom stereocenters. The first-order chi connectivity index (χ1) is 9.21. The molecule has 3 rings (SSSR count). The van der Waals surface area contributed by atoms with Gasteiger partial charge >= 0.3 is 0 Å². The predicted molar refractivity (Wildman–Crippen MR) is 79.8 cm³/mol. The van der Waals surface area contributed by atoms with Crippen molar-refractivity contribution in [3.05, 3.63) is 28.2 Å². The van der Waals surface area contributed by atoms with Crippen LogP contribution in [0.1, 0.15) is 24.8 Å². The van der Waals surface area contributed by atoms with Crippen molar-refractivity contribution < 1.29 is 4.74 Å². The van der Waals surface area contributed by atoms with Gasteiger partial charge in [-0.25, -0.2) is 0 Å². The number of nitrogens with one attached hydrogen (secondary N) is 1. The van der Waals surface area contributed by atoms with Crippen LogP contribution in [0.15, 0.2) is 22.7 Å². The van der Waals surface area contributed by atoms with E-state index in [4.69, 9.17) is 10.6 Å². The van der Waals surface area contributed by atoms with Gasteiger partial charge in [-0.3, -0.25) is 11.3 Å². The molecular formula is C15H21BrN2O. The average Bonchev–Trinajstić information content (AvgIpc) is 3.04. The molecule has 0 aromatic heterocycles. The highest BCUT2D eigenvalue weighted by atomic mass is 79.9. The van der Waals surface area contributed by atoms with Crippen LogP contribution in [0, 0.1) is 17.8 Å². The van der Waals surface area contributed by atoms with Crippen LogP contribution >= 0.6 is 15.9 Å². The van der Waals surface area contributed by atoms with Gasteiger partial charge in [0.2, 0.25) is 0 Å². The molecule has 2 fully saturated rings. The second kappa shape index (κ2) is 5.43. The van der Waals surface area contributed by atoms with E-state index in [1.54, 1.807) is 7.11 Å². The van der Waals surface area contributed by atoms with Crippen LogP contribution in [-0.2, 0) is 6.42 Å². The van der Waals surface area contributed by atoms with E-state index in [2.05, 4.69) is 27.4 Å². The van der Waals surface area contributed by atoms with Gasteiger partial charge in [-0.2, -0.15) is 0 Å². The summed E-state index contributed by atoms with van der Waals surface area (Å²) in [5.41, 5.74) is 4.30. The summed E-state index contributed by atoms with van der Waals surface area (Å²) in [4.78, 5) is 0. The van der Waals surface area contributed by atoms with E-state index in [-0.39, 0.29) is 0 Å². The van der Waals surface area contributed by atoms with Crippen LogP contribution in [0.25, 0.3) is 0 Å². The Labute approximate surface area is 123 Å². The Morgan fingerprint density at radius 3 is 2.74 bits per heavy atom. The molecule has 1 aromatic rings. The molecule has 3 nitrogen and oxygen atoms in total. The molecule has 2 aliphatic carbocycles. The highest BCUT2D eigenvalue weighted by molar-refractivity contribution is 9.10. The van der Waals surface area contributed by atoms with Gasteiger partial charge in [0, 0.05) is 10.5 Å². The molecule has 2 aliphatic rings. The van der Waals surface area contributed by atoms with Crippen molar-refractivity contribution in [2.75, 3.05) is 7.11 Å². The fourth-order valence-electron chi connectivity index (χ4n) is 3.52. The lowest BCUT2D eigenvalue weighted by molar-refractivity contribution is 0.335. The lowest BCUT2D eigenvalue weighted by Crippen LogP contribution is -2.42. The number of hydrazine groups is 1. The summed E-state index contributed by atoms with van der Waals surface area (Å²) < 4.78 is 6.44. The number of benzene rings is 1. The van der Waals surface area contributed by atoms with Crippen molar-refractivity contribution >= 4 is 15.9 Å². The zero-order valence-corrected chi connectivity index (χ0v) is 12.8. The topological polar surface area (TPSA) is 47.3 Å². The number of hydrogen-bond acceptors (Lipinski definition) is 3. The molecule has 1 aromatic carbocycles. The number of ether oxygens (including phenoxy) is 1. The molecule has 4 heteroatoms. The van der Waals surface area contributed by atoms with E-state index < -0.39 is 0 Å². The van der Waals surface area contributed by atoms with Gasteiger partial charge in [-0.05, 0) is 67.2 Å². The van der Waals surface area contributed by atoms with Gasteiger partial charge in [-0.15, -0.1) is 0 Å². The maximum absolute atomic E-state index is 5.78. The van der Waals surface area contributed by atoms with E-state index in [1.165, 1.54) is 24.8 Å². The number of fused-ring (bicyclic) bond motifs is 1. The summed E-state index contributed by atoms with van der Waals surface area (Å²) in [6, 6.07) is 6.50. The lowest BCUT2D eigenvalue weighted by Gasteiger charge is -2.24. The molecule has 0 saturated heterocycles. The van der Waals surface area contributed by atoms with Crippen molar-refractivity contribution in [2.45, 2.75) is 31.7 Å². The Morgan fingerprint density at radius 1 is 1.37 bits per heavy atom. The summed E-state index contributed by atoms with van der Waals surface area (Å²) in [7, 11) is 1.70. The highest BCUT2D eigenvalue weighted by Crippen LogP contribution is 2.55. The Hall–Kier alpha value is -0.580. The van der Waals surface area contributed by atoms with Crippen LogP contribution in [-0.4, -0.2) is 13.2 Å². The molecule has 3 atom stereocenters. The minimum absolute atomic E-state index is 0.371. The number of halogens is 1. The zero-order chi connectivity index (χ0) is 13.4. The summed E-state index contributed by atoms with van der Waals surface area (Å²) in [5.74, 6) is 9.41. The summed E-state index contributed by atoms with van der Waals surface area (Å²) in [5, 5.41) is 0. The fourth-order valence-corrected chi connectivity index (χ4v) is 3.93. The average molecular weight is 325 g/mol. The van der Waals surface area contributed by atoms with E-state index in [0.717, 1.165) is 34.4 Å². The Balaban J connectivity index is 1.71. The Morgan fingerprint density at radius 2 is 2.11 bits per heavy atom. The van der Waals surface area contributed by atoms with Crippen LogP contribution in [0.5, 0.6) is 5.75 Å². The molecule has 0 heterocycles.